The third-order valence-electron chi connectivity index (χ3n) is 7.11. The fraction of sp³-hybridized carbons (Fsp3) is 0.323. The Hall–Kier alpha value is -4.15. The zero-order chi connectivity index (χ0) is 28.9. The van der Waals surface area contributed by atoms with E-state index >= 15 is 0 Å². The summed E-state index contributed by atoms with van der Waals surface area (Å²) in [7, 11) is 0. The van der Waals surface area contributed by atoms with Crippen LogP contribution in [0.1, 0.15) is 36.4 Å². The van der Waals surface area contributed by atoms with E-state index in [2.05, 4.69) is 34.5 Å². The van der Waals surface area contributed by atoms with Gasteiger partial charge < -0.3 is 15.8 Å². The molecular weight excluding hydrogens is 526 g/mol. The fourth-order valence-corrected chi connectivity index (χ4v) is 5.03. The van der Waals surface area contributed by atoms with E-state index < -0.39 is 29.7 Å². The third kappa shape index (κ3) is 6.61. The number of para-hydroxylation sites is 2. The summed E-state index contributed by atoms with van der Waals surface area (Å²) in [6, 6.07) is 18.4. The van der Waals surface area contributed by atoms with Crippen LogP contribution in [0.5, 0.6) is 0 Å². The number of carbonyl (C=O) groups is 1. The van der Waals surface area contributed by atoms with Crippen LogP contribution in [-0.4, -0.2) is 43.8 Å². The fourth-order valence-electron chi connectivity index (χ4n) is 5.03. The summed E-state index contributed by atoms with van der Waals surface area (Å²) in [5.41, 5.74) is 10.8. The number of nitrogens with zero attached hydrogens (tertiary/aromatic N) is 4. The number of nitrogens with two attached hydrogens (primary N) is 1. The lowest BCUT2D eigenvalue weighted by Crippen LogP contribution is -2.46. The number of esters is 1. The lowest BCUT2D eigenvalue weighted by Gasteiger charge is -2.25. The van der Waals surface area contributed by atoms with Crippen molar-refractivity contribution in [1.82, 2.24) is 24.5 Å². The lowest BCUT2D eigenvalue weighted by atomic mass is 10.0. The lowest BCUT2D eigenvalue weighted by molar-refractivity contribution is -0.150. The first-order valence-corrected chi connectivity index (χ1v) is 13.9. The van der Waals surface area contributed by atoms with Gasteiger partial charge in [0.25, 0.3) is 0 Å². The van der Waals surface area contributed by atoms with Crippen molar-refractivity contribution in [2.24, 2.45) is 5.73 Å². The first-order valence-electron chi connectivity index (χ1n) is 13.9. The number of fused-ring (bicyclic) bond motifs is 3. The molecular formula is C31H34F2N6O2. The Labute approximate surface area is 237 Å². The van der Waals surface area contributed by atoms with Gasteiger partial charge in [-0.25, -0.2) is 8.78 Å². The predicted octanol–water partition coefficient (Wildman–Crippen LogP) is 4.36. The van der Waals surface area contributed by atoms with Crippen molar-refractivity contribution >= 4 is 22.8 Å². The molecule has 0 saturated carbocycles. The van der Waals surface area contributed by atoms with Gasteiger partial charge in [0.05, 0.1) is 11.0 Å². The molecule has 0 aliphatic carbocycles. The smallest absolute Gasteiger partial charge is 0.326 e. The maximum atomic E-state index is 13.8. The first-order chi connectivity index (χ1) is 19.8. The Balaban J connectivity index is 1.35. The van der Waals surface area contributed by atoms with Crippen molar-refractivity contribution < 1.29 is 18.3 Å². The van der Waals surface area contributed by atoms with Gasteiger partial charge in [0.1, 0.15) is 24.3 Å². The van der Waals surface area contributed by atoms with E-state index in [4.69, 9.17) is 10.5 Å². The molecule has 41 heavy (non-hydrogen) atoms. The predicted molar refractivity (Wildman–Crippen MR) is 153 cm³/mol. The Bertz CT molecular complexity index is 1640. The highest BCUT2D eigenvalue weighted by Crippen LogP contribution is 2.20. The number of rotatable bonds is 12. The van der Waals surface area contributed by atoms with E-state index in [0.717, 1.165) is 29.1 Å². The molecule has 0 aliphatic heterocycles. The minimum Gasteiger partial charge on any atom is -0.458 e. The van der Waals surface area contributed by atoms with Gasteiger partial charge in [-0.05, 0) is 53.8 Å². The molecule has 0 fully saturated rings. The molecule has 2 heterocycles. The highest BCUT2D eigenvalue weighted by atomic mass is 19.1. The SMILES string of the molecule is CCc1cccc(CNC[C@@H](OC(=O)Cn2c3ccccc3n3nc(CC)nc23)[C@@H](N)Cc2cc(F)cc(F)c2)c1. The second-order valence-electron chi connectivity index (χ2n) is 10.1. The number of nitrogens with one attached hydrogen (secondary N) is 1. The zero-order valence-corrected chi connectivity index (χ0v) is 23.2. The third-order valence-corrected chi connectivity index (χ3v) is 7.11. The number of carbonyl (C=O) groups excluding carboxylic acids is 1. The number of aryl methyl sites for hydroxylation is 2. The second-order valence-corrected chi connectivity index (χ2v) is 10.1. The maximum absolute atomic E-state index is 13.8. The van der Waals surface area contributed by atoms with Crippen LogP contribution >= 0.6 is 0 Å². The molecule has 0 amide bonds. The largest absolute Gasteiger partial charge is 0.458 e. The molecule has 0 saturated heterocycles. The van der Waals surface area contributed by atoms with E-state index in [1.165, 1.54) is 17.7 Å². The Morgan fingerprint density at radius 2 is 1.68 bits per heavy atom. The highest BCUT2D eigenvalue weighted by molar-refractivity contribution is 5.82. The van der Waals surface area contributed by atoms with Gasteiger partial charge >= 0.3 is 5.97 Å². The topological polar surface area (TPSA) is 99.5 Å². The summed E-state index contributed by atoms with van der Waals surface area (Å²) in [4.78, 5) is 18.0. The van der Waals surface area contributed by atoms with E-state index in [1.807, 2.05) is 43.3 Å². The number of aromatic nitrogens is 4. The minimum atomic E-state index is -0.759. The molecule has 5 aromatic rings. The van der Waals surface area contributed by atoms with Gasteiger partial charge in [-0.15, -0.1) is 5.10 Å². The monoisotopic (exact) mass is 560 g/mol. The van der Waals surface area contributed by atoms with Gasteiger partial charge in [0.2, 0.25) is 5.78 Å². The van der Waals surface area contributed by atoms with Crippen LogP contribution in [0.3, 0.4) is 0 Å². The van der Waals surface area contributed by atoms with Gasteiger partial charge in [-0.2, -0.15) is 9.50 Å². The van der Waals surface area contributed by atoms with E-state index in [1.54, 1.807) is 9.08 Å². The minimum absolute atomic E-state index is 0.102. The molecule has 10 heteroatoms. The maximum Gasteiger partial charge on any atom is 0.326 e. The van der Waals surface area contributed by atoms with Gasteiger partial charge in [-0.3, -0.25) is 9.36 Å². The van der Waals surface area contributed by atoms with Crippen molar-refractivity contribution in [3.8, 4) is 0 Å². The number of hydrogen-bond acceptors (Lipinski definition) is 6. The summed E-state index contributed by atoms with van der Waals surface area (Å²) >= 11 is 0. The van der Waals surface area contributed by atoms with Crippen LogP contribution in [-0.2, 0) is 41.9 Å². The first kappa shape index (κ1) is 28.4. The molecule has 2 aromatic heterocycles. The summed E-state index contributed by atoms with van der Waals surface area (Å²) in [5, 5.41) is 7.90. The average molecular weight is 561 g/mol. The van der Waals surface area contributed by atoms with Crippen LogP contribution in [0.4, 0.5) is 8.78 Å². The molecule has 2 atom stereocenters. The highest BCUT2D eigenvalue weighted by Gasteiger charge is 2.25. The van der Waals surface area contributed by atoms with E-state index in [9.17, 15) is 13.6 Å². The Morgan fingerprint density at radius 3 is 2.41 bits per heavy atom. The number of benzene rings is 3. The van der Waals surface area contributed by atoms with E-state index in [-0.39, 0.29) is 19.5 Å². The molecule has 0 bridgehead atoms. The summed E-state index contributed by atoms with van der Waals surface area (Å²) < 4.78 is 37.1. The van der Waals surface area contributed by atoms with Crippen molar-refractivity contribution in [2.45, 2.75) is 58.3 Å². The Morgan fingerprint density at radius 1 is 0.951 bits per heavy atom. The summed E-state index contributed by atoms with van der Waals surface area (Å²) in [6.45, 7) is 4.77. The summed E-state index contributed by atoms with van der Waals surface area (Å²) in [5.74, 6) is -0.651. The van der Waals surface area contributed by atoms with Crippen LogP contribution < -0.4 is 11.1 Å². The normalized spacial score (nSPS) is 13.1. The van der Waals surface area contributed by atoms with Crippen molar-refractivity contribution in [1.29, 1.82) is 0 Å². The number of ether oxygens (including phenoxy) is 1. The van der Waals surface area contributed by atoms with Crippen LogP contribution in [0.15, 0.2) is 66.7 Å². The zero-order valence-electron chi connectivity index (χ0n) is 23.2. The van der Waals surface area contributed by atoms with Crippen LogP contribution in [0, 0.1) is 11.6 Å². The van der Waals surface area contributed by atoms with Crippen molar-refractivity contribution in [3.63, 3.8) is 0 Å². The number of hydrogen-bond donors (Lipinski definition) is 2. The van der Waals surface area contributed by atoms with Gasteiger partial charge in [0, 0.05) is 31.6 Å². The van der Waals surface area contributed by atoms with Crippen LogP contribution in [0.25, 0.3) is 16.8 Å². The van der Waals surface area contributed by atoms with E-state index in [0.29, 0.717) is 30.1 Å². The Kier molecular flexibility index (Phi) is 8.70. The molecule has 5 rings (SSSR count). The molecule has 3 N–H and O–H groups in total. The van der Waals surface area contributed by atoms with Crippen molar-refractivity contribution in [3.05, 3.63) is 101 Å². The number of imidazole rings is 1. The van der Waals surface area contributed by atoms with Crippen LogP contribution in [0.2, 0.25) is 0 Å². The van der Waals surface area contributed by atoms with Gasteiger partial charge in [-0.1, -0.05) is 50.2 Å². The molecule has 214 valence electrons. The van der Waals surface area contributed by atoms with Gasteiger partial charge in [0.15, 0.2) is 5.82 Å². The second kappa shape index (κ2) is 12.6. The molecule has 3 aromatic carbocycles. The van der Waals surface area contributed by atoms with Crippen molar-refractivity contribution in [2.75, 3.05) is 6.54 Å². The molecule has 0 aliphatic rings. The summed E-state index contributed by atoms with van der Waals surface area (Å²) in [6.07, 6.45) is 0.951. The molecule has 8 nitrogen and oxygen atoms in total. The molecule has 0 spiro atoms. The average Bonchev–Trinajstić information content (AvgIpc) is 3.50. The molecule has 0 radical (unpaired) electrons. The number of halogens is 2. The standard InChI is InChI=1S/C31H34F2N6O2/c1-3-20-8-7-9-21(12-20)17-35-18-28(25(34)15-22-13-23(32)16-24(33)14-22)41-30(40)19-38-26-10-5-6-11-27(26)39-31(38)36-29(4-2)37-39/h5-14,16,25,28,35H,3-4,15,17-19,34H2,1-2H3/t25-,28+/m0/s1. The molecule has 0 unspecified atom stereocenters. The quantitative estimate of drug-likeness (QED) is 0.220.